The van der Waals surface area contributed by atoms with Gasteiger partial charge in [0, 0.05) is 24.7 Å². The van der Waals surface area contributed by atoms with Gasteiger partial charge in [0.2, 0.25) is 0 Å². The molecule has 0 saturated carbocycles. The molecule has 21 heavy (non-hydrogen) atoms. The topological polar surface area (TPSA) is 29.9 Å². The Balaban J connectivity index is 2.26. The molecule has 2 aromatic rings. The van der Waals surface area contributed by atoms with E-state index in [9.17, 15) is 4.39 Å². The highest BCUT2D eigenvalue weighted by molar-refractivity contribution is 6.30. The molecule has 5 heteroatoms. The van der Waals surface area contributed by atoms with Crippen LogP contribution in [0.5, 0.6) is 0 Å². The molecule has 1 aromatic heterocycles. The minimum Gasteiger partial charge on any atom is -0.313 e. The Hall–Kier alpha value is -1.39. The Morgan fingerprint density at radius 3 is 2.67 bits per heavy atom. The van der Waals surface area contributed by atoms with E-state index in [4.69, 9.17) is 11.6 Å². The number of aryl methyl sites for hydroxylation is 2. The van der Waals surface area contributed by atoms with Crippen LogP contribution in [0.25, 0.3) is 0 Å². The predicted molar refractivity (Wildman–Crippen MR) is 84.2 cm³/mol. The normalized spacial score (nSPS) is 12.6. The molecule has 0 fully saturated rings. The lowest BCUT2D eigenvalue weighted by Crippen LogP contribution is -2.20. The molecule has 1 heterocycles. The molecule has 0 amide bonds. The summed E-state index contributed by atoms with van der Waals surface area (Å²) in [6.07, 6.45) is 1.68. The Morgan fingerprint density at radius 2 is 2.10 bits per heavy atom. The largest absolute Gasteiger partial charge is 0.313 e. The summed E-state index contributed by atoms with van der Waals surface area (Å²) in [5.41, 5.74) is 3.13. The number of nitrogens with one attached hydrogen (secondary N) is 1. The standard InChI is InChI=1S/C16H21ClFN3/c1-4-12-9-13(21(5-2)20-12)10-16(19-3)11-6-7-14(17)15(18)8-11/h6-9,16,19H,4-5,10H2,1-3H3. The molecule has 114 valence electrons. The predicted octanol–water partition coefficient (Wildman–Crippen LogP) is 3.76. The molecule has 0 spiro atoms. The molecular weight excluding hydrogens is 289 g/mol. The SMILES string of the molecule is CCc1cc(CC(NC)c2ccc(Cl)c(F)c2)n(CC)n1. The first kappa shape index (κ1) is 16.0. The van der Waals surface area contributed by atoms with Gasteiger partial charge in [-0.2, -0.15) is 5.10 Å². The van der Waals surface area contributed by atoms with Crippen LogP contribution in [-0.4, -0.2) is 16.8 Å². The first-order valence-electron chi connectivity index (χ1n) is 7.26. The van der Waals surface area contributed by atoms with Crippen molar-refractivity contribution in [2.75, 3.05) is 7.05 Å². The van der Waals surface area contributed by atoms with Crippen molar-refractivity contribution < 1.29 is 4.39 Å². The number of likely N-dealkylation sites (N-methyl/N-ethyl adjacent to an activating group) is 1. The summed E-state index contributed by atoms with van der Waals surface area (Å²) < 4.78 is 15.7. The van der Waals surface area contributed by atoms with Gasteiger partial charge in [-0.15, -0.1) is 0 Å². The third-order valence-corrected chi connectivity index (χ3v) is 3.99. The van der Waals surface area contributed by atoms with Crippen LogP contribution in [0.4, 0.5) is 4.39 Å². The van der Waals surface area contributed by atoms with Crippen LogP contribution in [0.2, 0.25) is 5.02 Å². The number of rotatable bonds is 6. The smallest absolute Gasteiger partial charge is 0.142 e. The highest BCUT2D eigenvalue weighted by Gasteiger charge is 2.15. The lowest BCUT2D eigenvalue weighted by Gasteiger charge is -2.17. The van der Waals surface area contributed by atoms with Crippen molar-refractivity contribution in [3.8, 4) is 0 Å². The molecule has 0 saturated heterocycles. The van der Waals surface area contributed by atoms with Crippen molar-refractivity contribution in [1.29, 1.82) is 0 Å². The molecule has 0 radical (unpaired) electrons. The fourth-order valence-electron chi connectivity index (χ4n) is 2.45. The van der Waals surface area contributed by atoms with Gasteiger partial charge in [0.25, 0.3) is 0 Å². The molecule has 1 unspecified atom stereocenters. The van der Waals surface area contributed by atoms with E-state index in [-0.39, 0.29) is 16.9 Å². The average Bonchev–Trinajstić information content (AvgIpc) is 2.90. The van der Waals surface area contributed by atoms with E-state index in [1.54, 1.807) is 6.07 Å². The fraction of sp³-hybridized carbons (Fsp3) is 0.438. The summed E-state index contributed by atoms with van der Waals surface area (Å²) in [6, 6.07) is 7.12. The maximum Gasteiger partial charge on any atom is 0.142 e. The maximum absolute atomic E-state index is 13.6. The Bertz CT molecular complexity index is 610. The van der Waals surface area contributed by atoms with Crippen molar-refractivity contribution >= 4 is 11.6 Å². The number of aromatic nitrogens is 2. The van der Waals surface area contributed by atoms with Crippen LogP contribution in [0.3, 0.4) is 0 Å². The van der Waals surface area contributed by atoms with E-state index >= 15 is 0 Å². The number of halogens is 2. The minimum absolute atomic E-state index is 0.0310. The van der Waals surface area contributed by atoms with Crippen molar-refractivity contribution in [1.82, 2.24) is 15.1 Å². The Labute approximate surface area is 130 Å². The van der Waals surface area contributed by atoms with Gasteiger partial charge in [-0.3, -0.25) is 4.68 Å². The van der Waals surface area contributed by atoms with Crippen LogP contribution in [0.15, 0.2) is 24.3 Å². The van der Waals surface area contributed by atoms with E-state index < -0.39 is 0 Å². The van der Waals surface area contributed by atoms with E-state index in [0.717, 1.165) is 36.3 Å². The number of hydrogen-bond acceptors (Lipinski definition) is 2. The Kier molecular flexibility index (Phi) is 5.37. The van der Waals surface area contributed by atoms with Gasteiger partial charge in [-0.05, 0) is 44.2 Å². The van der Waals surface area contributed by atoms with E-state index in [1.165, 1.54) is 6.07 Å². The average molecular weight is 310 g/mol. The molecule has 0 aliphatic carbocycles. The molecule has 1 aromatic carbocycles. The molecule has 1 N–H and O–H groups in total. The van der Waals surface area contributed by atoms with Gasteiger partial charge < -0.3 is 5.32 Å². The third-order valence-electron chi connectivity index (χ3n) is 3.68. The van der Waals surface area contributed by atoms with Crippen molar-refractivity contribution in [3.63, 3.8) is 0 Å². The van der Waals surface area contributed by atoms with Crippen molar-refractivity contribution in [2.24, 2.45) is 0 Å². The molecular formula is C16H21ClFN3. The fourth-order valence-corrected chi connectivity index (χ4v) is 2.57. The molecule has 0 bridgehead atoms. The van der Waals surface area contributed by atoms with Gasteiger partial charge in [-0.1, -0.05) is 24.6 Å². The number of nitrogens with zero attached hydrogens (tertiary/aromatic N) is 2. The highest BCUT2D eigenvalue weighted by atomic mass is 35.5. The van der Waals surface area contributed by atoms with Crippen molar-refractivity contribution in [2.45, 2.75) is 39.3 Å². The van der Waals surface area contributed by atoms with Crippen LogP contribution >= 0.6 is 11.6 Å². The molecule has 2 rings (SSSR count). The second kappa shape index (κ2) is 7.05. The number of hydrogen-bond donors (Lipinski definition) is 1. The lowest BCUT2D eigenvalue weighted by atomic mass is 10.0. The second-order valence-electron chi connectivity index (χ2n) is 5.02. The zero-order chi connectivity index (χ0) is 15.4. The monoisotopic (exact) mass is 309 g/mol. The zero-order valence-corrected chi connectivity index (χ0v) is 13.4. The van der Waals surface area contributed by atoms with Gasteiger partial charge in [-0.25, -0.2) is 4.39 Å². The quantitative estimate of drug-likeness (QED) is 0.880. The van der Waals surface area contributed by atoms with E-state index in [1.807, 2.05) is 17.8 Å². The van der Waals surface area contributed by atoms with Crippen LogP contribution < -0.4 is 5.32 Å². The molecule has 0 aliphatic heterocycles. The molecule has 1 atom stereocenters. The highest BCUT2D eigenvalue weighted by Crippen LogP contribution is 2.23. The Morgan fingerprint density at radius 1 is 1.33 bits per heavy atom. The van der Waals surface area contributed by atoms with E-state index in [2.05, 4.69) is 30.3 Å². The summed E-state index contributed by atoms with van der Waals surface area (Å²) in [5.74, 6) is -0.382. The second-order valence-corrected chi connectivity index (χ2v) is 5.42. The molecule has 0 aliphatic rings. The summed E-state index contributed by atoms with van der Waals surface area (Å²) in [7, 11) is 1.88. The summed E-state index contributed by atoms with van der Waals surface area (Å²) in [4.78, 5) is 0. The maximum atomic E-state index is 13.6. The van der Waals surface area contributed by atoms with Gasteiger partial charge in [0.05, 0.1) is 10.7 Å². The molecule has 3 nitrogen and oxygen atoms in total. The summed E-state index contributed by atoms with van der Waals surface area (Å²) in [5, 5.41) is 7.95. The number of benzene rings is 1. The summed E-state index contributed by atoms with van der Waals surface area (Å²) >= 11 is 5.75. The van der Waals surface area contributed by atoms with Crippen molar-refractivity contribution in [3.05, 3.63) is 52.1 Å². The van der Waals surface area contributed by atoms with Gasteiger partial charge in [0.15, 0.2) is 0 Å². The van der Waals surface area contributed by atoms with Gasteiger partial charge >= 0.3 is 0 Å². The third kappa shape index (κ3) is 3.63. The van der Waals surface area contributed by atoms with E-state index in [0.29, 0.717) is 0 Å². The first-order valence-corrected chi connectivity index (χ1v) is 7.64. The van der Waals surface area contributed by atoms with Crippen LogP contribution in [0, 0.1) is 5.82 Å². The van der Waals surface area contributed by atoms with Crippen LogP contribution in [-0.2, 0) is 19.4 Å². The van der Waals surface area contributed by atoms with Crippen LogP contribution in [0.1, 0.15) is 36.8 Å². The minimum atomic E-state index is -0.382. The summed E-state index contributed by atoms with van der Waals surface area (Å²) in [6.45, 7) is 5.00. The first-order chi connectivity index (χ1) is 10.1. The van der Waals surface area contributed by atoms with Gasteiger partial charge in [0.1, 0.15) is 5.82 Å². The zero-order valence-electron chi connectivity index (χ0n) is 12.7. The lowest BCUT2D eigenvalue weighted by molar-refractivity contribution is 0.536.